The molecule has 12 heavy (non-hydrogen) atoms. The highest BCUT2D eigenvalue weighted by atomic mass is 127. The maximum Gasteiger partial charge on any atom is 0.0352 e. The van der Waals surface area contributed by atoms with Crippen LogP contribution in [0.15, 0.2) is 8.95 Å². The minimum absolute atomic E-state index is 1.22. The fraction of sp³-hybridized carbons (Fsp3) is 0.250. The molecule has 0 bridgehead atoms. The van der Waals surface area contributed by atoms with Gasteiger partial charge in [-0.3, -0.25) is 0 Å². The van der Waals surface area contributed by atoms with E-state index < -0.39 is 0 Å². The molecule has 0 saturated carbocycles. The summed E-state index contributed by atoms with van der Waals surface area (Å²) in [6, 6.07) is 0. The molecule has 0 heterocycles. The molecule has 0 atom stereocenters. The summed E-state index contributed by atoms with van der Waals surface area (Å²) in [4.78, 5) is 0. The Morgan fingerprint density at radius 1 is 0.833 bits per heavy atom. The molecule has 4 heteroatoms. The van der Waals surface area contributed by atoms with E-state index in [2.05, 4.69) is 90.9 Å². The van der Waals surface area contributed by atoms with E-state index in [9.17, 15) is 0 Å². The molecule has 0 N–H and O–H groups in total. The van der Waals surface area contributed by atoms with Crippen LogP contribution < -0.4 is 0 Å². The summed E-state index contributed by atoms with van der Waals surface area (Å²) in [7, 11) is 0. The van der Waals surface area contributed by atoms with Crippen molar-refractivity contribution in [1.29, 1.82) is 0 Å². The van der Waals surface area contributed by atoms with Crippen LogP contribution in [0.5, 0.6) is 0 Å². The van der Waals surface area contributed by atoms with Crippen molar-refractivity contribution in [1.82, 2.24) is 0 Å². The molecule has 0 saturated heterocycles. The van der Waals surface area contributed by atoms with Gasteiger partial charge in [0.05, 0.1) is 0 Å². The van der Waals surface area contributed by atoms with E-state index in [-0.39, 0.29) is 0 Å². The van der Waals surface area contributed by atoms with Crippen molar-refractivity contribution in [2.45, 2.75) is 13.8 Å². The fourth-order valence-electron chi connectivity index (χ4n) is 0.851. The molecule has 0 aliphatic heterocycles. The molecular weight excluding hydrogens is 510 g/mol. The molecule has 0 aliphatic rings. The third-order valence-electron chi connectivity index (χ3n) is 1.70. The highest BCUT2D eigenvalue weighted by molar-refractivity contribution is 14.1. The number of rotatable bonds is 0. The topological polar surface area (TPSA) is 0 Å². The Labute approximate surface area is 116 Å². The van der Waals surface area contributed by atoms with Gasteiger partial charge in [-0.25, -0.2) is 0 Å². The lowest BCUT2D eigenvalue weighted by Gasteiger charge is -2.10. The first kappa shape index (κ1) is 11.7. The molecule has 0 nitrogen and oxygen atoms in total. The third-order valence-corrected chi connectivity index (χ3v) is 7.86. The van der Waals surface area contributed by atoms with Crippen molar-refractivity contribution in [2.24, 2.45) is 0 Å². The van der Waals surface area contributed by atoms with E-state index in [1.165, 1.54) is 27.2 Å². The van der Waals surface area contributed by atoms with Crippen molar-refractivity contribution in [3.05, 3.63) is 27.2 Å². The van der Waals surface area contributed by atoms with Gasteiger partial charge in [-0.2, -0.15) is 0 Å². The van der Waals surface area contributed by atoms with E-state index in [0.717, 1.165) is 0 Å². The molecule has 0 amide bonds. The Morgan fingerprint density at radius 2 is 1.08 bits per heavy atom. The zero-order valence-corrected chi connectivity index (χ0v) is 14.0. The molecule has 0 spiro atoms. The zero-order chi connectivity index (χ0) is 9.46. The second-order valence-electron chi connectivity index (χ2n) is 2.51. The first-order chi connectivity index (χ1) is 5.46. The average Bonchev–Trinajstić information content (AvgIpc) is 2.08. The lowest BCUT2D eigenvalue weighted by atomic mass is 10.2. The Bertz CT molecular complexity index is 229. The molecule has 0 unspecified atom stereocenters. The molecule has 1 aromatic rings. The monoisotopic (exact) mass is 514 g/mol. The fourth-order valence-corrected chi connectivity index (χ4v) is 3.93. The predicted octanol–water partition coefficient (Wildman–Crippen LogP) is 5.04. The first-order valence-corrected chi connectivity index (χ1v) is 7.00. The largest absolute Gasteiger partial charge is 0.0493 e. The standard InChI is InChI=1S/C8H6Br2I2/c1-3-5(9)8(12)4(2)6(10)7(3)11/h1-2H3. The Balaban J connectivity index is 3.60. The van der Waals surface area contributed by atoms with E-state index in [4.69, 9.17) is 0 Å². The summed E-state index contributed by atoms with van der Waals surface area (Å²) >= 11 is 11.9. The van der Waals surface area contributed by atoms with Crippen LogP contribution in [0.3, 0.4) is 0 Å². The first-order valence-electron chi connectivity index (χ1n) is 3.26. The van der Waals surface area contributed by atoms with Crippen molar-refractivity contribution in [2.75, 3.05) is 0 Å². The maximum atomic E-state index is 3.58. The van der Waals surface area contributed by atoms with Gasteiger partial charge in [0.25, 0.3) is 0 Å². The Hall–Kier alpha value is 1.64. The molecule has 0 aromatic heterocycles. The van der Waals surface area contributed by atoms with E-state index in [0.29, 0.717) is 0 Å². The van der Waals surface area contributed by atoms with Gasteiger partial charge in [-0.1, -0.05) is 0 Å². The van der Waals surface area contributed by atoms with Gasteiger partial charge in [0, 0.05) is 16.1 Å². The van der Waals surface area contributed by atoms with Gasteiger partial charge in [-0.15, -0.1) is 0 Å². The molecule has 0 fully saturated rings. The summed E-state index contributed by atoms with van der Waals surface area (Å²) in [6.07, 6.45) is 0. The normalized spacial score (nSPS) is 10.5. The maximum absolute atomic E-state index is 3.58. The van der Waals surface area contributed by atoms with Crippen LogP contribution >= 0.6 is 77.0 Å². The van der Waals surface area contributed by atoms with Crippen LogP contribution in [-0.4, -0.2) is 0 Å². The smallest absolute Gasteiger partial charge is 0.0352 e. The third kappa shape index (κ3) is 2.00. The van der Waals surface area contributed by atoms with E-state index in [1.54, 1.807) is 0 Å². The van der Waals surface area contributed by atoms with Gasteiger partial charge in [0.1, 0.15) is 0 Å². The molecule has 0 aliphatic carbocycles. The van der Waals surface area contributed by atoms with E-state index in [1.807, 2.05) is 0 Å². The van der Waals surface area contributed by atoms with Crippen LogP contribution in [-0.2, 0) is 0 Å². The number of hydrogen-bond acceptors (Lipinski definition) is 0. The molecule has 0 radical (unpaired) electrons. The van der Waals surface area contributed by atoms with Gasteiger partial charge in [0.2, 0.25) is 0 Å². The summed E-state index contributed by atoms with van der Waals surface area (Å²) in [6.45, 7) is 4.25. The average molecular weight is 516 g/mol. The number of halogens is 4. The lowest BCUT2D eigenvalue weighted by molar-refractivity contribution is 1.27. The highest BCUT2D eigenvalue weighted by Gasteiger charge is 2.12. The summed E-state index contributed by atoms with van der Waals surface area (Å²) in [5, 5.41) is 0. The van der Waals surface area contributed by atoms with Crippen LogP contribution in [0.25, 0.3) is 0 Å². The minimum atomic E-state index is 1.22. The van der Waals surface area contributed by atoms with Gasteiger partial charge in [0.15, 0.2) is 0 Å². The van der Waals surface area contributed by atoms with Crippen LogP contribution in [0, 0.1) is 21.0 Å². The second kappa shape index (κ2) is 4.44. The van der Waals surface area contributed by atoms with Crippen molar-refractivity contribution >= 4 is 77.0 Å². The Morgan fingerprint density at radius 3 is 1.33 bits per heavy atom. The van der Waals surface area contributed by atoms with Crippen LogP contribution in [0.4, 0.5) is 0 Å². The van der Waals surface area contributed by atoms with Crippen molar-refractivity contribution in [3.8, 4) is 0 Å². The van der Waals surface area contributed by atoms with E-state index >= 15 is 0 Å². The van der Waals surface area contributed by atoms with Crippen molar-refractivity contribution in [3.63, 3.8) is 0 Å². The highest BCUT2D eigenvalue weighted by Crippen LogP contribution is 2.36. The second-order valence-corrected chi connectivity index (χ2v) is 6.25. The molecule has 1 rings (SSSR count). The number of hydrogen-bond donors (Lipinski definition) is 0. The molecular formula is C8H6Br2I2. The van der Waals surface area contributed by atoms with Crippen LogP contribution in [0.1, 0.15) is 11.1 Å². The molecule has 1 aromatic carbocycles. The van der Waals surface area contributed by atoms with Gasteiger partial charge < -0.3 is 0 Å². The van der Waals surface area contributed by atoms with Gasteiger partial charge >= 0.3 is 0 Å². The van der Waals surface area contributed by atoms with Crippen molar-refractivity contribution < 1.29 is 0 Å². The SMILES string of the molecule is Cc1c(Br)c(I)c(C)c(Br)c1I. The number of benzene rings is 1. The quantitative estimate of drug-likeness (QED) is 0.336. The lowest BCUT2D eigenvalue weighted by Crippen LogP contribution is -1.93. The summed E-state index contributed by atoms with van der Waals surface area (Å²) in [5.41, 5.74) is 2.61. The van der Waals surface area contributed by atoms with Crippen LogP contribution in [0.2, 0.25) is 0 Å². The molecule has 66 valence electrons. The predicted molar refractivity (Wildman–Crippen MR) is 76.8 cm³/mol. The summed E-state index contributed by atoms with van der Waals surface area (Å²) in [5.74, 6) is 0. The Kier molecular flexibility index (Phi) is 4.33. The summed E-state index contributed by atoms with van der Waals surface area (Å²) < 4.78 is 5.01. The zero-order valence-electron chi connectivity index (χ0n) is 6.51. The minimum Gasteiger partial charge on any atom is -0.0493 e. The van der Waals surface area contributed by atoms with Gasteiger partial charge in [-0.05, 0) is 102 Å².